The minimum atomic E-state index is 0.390. The number of hydrogen-bond donors (Lipinski definition) is 0. The van der Waals surface area contributed by atoms with E-state index >= 15 is 0 Å². The highest BCUT2D eigenvalue weighted by molar-refractivity contribution is 6.27. The van der Waals surface area contributed by atoms with Crippen LogP contribution in [0.5, 0.6) is 0 Å². The quantitative estimate of drug-likeness (QED) is 0.0876. The monoisotopic (exact) mass is 562 g/mol. The van der Waals surface area contributed by atoms with E-state index in [1.54, 1.807) is 0 Å². The zero-order valence-corrected chi connectivity index (χ0v) is 26.8. The van der Waals surface area contributed by atoms with Crippen LogP contribution >= 0.6 is 0 Å². The molecule has 0 aliphatic carbocycles. The van der Waals surface area contributed by atoms with Crippen molar-refractivity contribution >= 4 is 54.7 Å². The van der Waals surface area contributed by atoms with Crippen LogP contribution in [0.2, 0.25) is 0 Å². The van der Waals surface area contributed by atoms with Crippen LogP contribution in [0.15, 0.2) is 60.8 Å². The molecule has 0 saturated carbocycles. The molecule has 0 saturated heterocycles. The van der Waals surface area contributed by atoms with E-state index in [1.165, 1.54) is 77.0 Å². The molecule has 7 aromatic rings. The third-order valence-corrected chi connectivity index (χ3v) is 9.81. The second-order valence-electron chi connectivity index (χ2n) is 13.5. The van der Waals surface area contributed by atoms with Gasteiger partial charge in [-0.2, -0.15) is 0 Å². The first kappa shape index (κ1) is 27.4. The molecule has 7 rings (SSSR count). The minimum absolute atomic E-state index is 0.390. The number of benzene rings is 4. The van der Waals surface area contributed by atoms with Gasteiger partial charge in [-0.15, -0.1) is 0 Å². The summed E-state index contributed by atoms with van der Waals surface area (Å²) in [6, 6.07) is 20.5. The summed E-state index contributed by atoms with van der Waals surface area (Å²) in [6.07, 6.45) is 2.22. The molecule has 0 spiro atoms. The number of aryl methyl sites for hydroxylation is 3. The van der Waals surface area contributed by atoms with Crippen LogP contribution in [0.4, 0.5) is 5.69 Å². The second kappa shape index (κ2) is 9.55. The number of rotatable bonds is 4. The van der Waals surface area contributed by atoms with Crippen LogP contribution < -0.4 is 4.57 Å². The van der Waals surface area contributed by atoms with Crippen molar-refractivity contribution in [3.63, 3.8) is 0 Å². The van der Waals surface area contributed by atoms with Crippen LogP contribution in [0.25, 0.3) is 65.0 Å². The van der Waals surface area contributed by atoms with Gasteiger partial charge in [-0.05, 0) is 99.5 Å². The number of hydrogen-bond acceptors (Lipinski definition) is 0. The maximum atomic E-state index is 8.14. The van der Waals surface area contributed by atoms with Gasteiger partial charge in [-0.25, -0.2) is 9.41 Å². The molecule has 0 aliphatic rings. The van der Waals surface area contributed by atoms with Gasteiger partial charge in [0.25, 0.3) is 0 Å². The molecule has 3 nitrogen and oxygen atoms in total. The molecule has 0 bridgehead atoms. The van der Waals surface area contributed by atoms with Crippen molar-refractivity contribution in [2.24, 2.45) is 7.05 Å². The summed E-state index contributed by atoms with van der Waals surface area (Å²) in [6.45, 7) is 26.5. The summed E-state index contributed by atoms with van der Waals surface area (Å²) in [4.78, 5) is 4.04. The molecule has 0 aliphatic heterocycles. The lowest BCUT2D eigenvalue weighted by atomic mass is 9.81. The number of para-hydroxylation sites is 1. The summed E-state index contributed by atoms with van der Waals surface area (Å²) in [5.74, 6) is 1.25. The van der Waals surface area contributed by atoms with Crippen molar-refractivity contribution < 1.29 is 4.57 Å². The average Bonchev–Trinajstić information content (AvgIpc) is 3.31. The lowest BCUT2D eigenvalue weighted by Crippen LogP contribution is -2.29. The Morgan fingerprint density at radius 3 is 2.09 bits per heavy atom. The summed E-state index contributed by atoms with van der Waals surface area (Å²) < 4.78 is 4.71. The molecule has 0 unspecified atom stereocenters. The molecule has 0 radical (unpaired) electrons. The molecule has 4 aromatic carbocycles. The van der Waals surface area contributed by atoms with Crippen molar-refractivity contribution in [2.75, 3.05) is 0 Å². The largest absolute Gasteiger partial charge is 0.317 e. The van der Waals surface area contributed by atoms with E-state index in [1.807, 2.05) is 12.1 Å². The standard InChI is InChI=1S/C40H40N3/c1-21(2)27-18-30(22(3)4)36(31(19-27)23(5)6)28-17-26-14-15-42(10)40-35-25(8)24(7)16-32-29-12-11-13-33(41-9)38(29)43(39(32)35)34(20-28)37(26)40/h11-23H,1-8,10H3/q+1. The van der Waals surface area contributed by atoms with E-state index < -0.39 is 0 Å². The van der Waals surface area contributed by atoms with E-state index in [0.29, 0.717) is 23.4 Å². The Morgan fingerprint density at radius 2 is 1.47 bits per heavy atom. The summed E-state index contributed by atoms with van der Waals surface area (Å²) in [5, 5.41) is 6.14. The summed E-state index contributed by atoms with van der Waals surface area (Å²) >= 11 is 0. The highest BCUT2D eigenvalue weighted by atomic mass is 15.0. The van der Waals surface area contributed by atoms with Gasteiger partial charge >= 0.3 is 0 Å². The smallest absolute Gasteiger partial charge is 0.224 e. The van der Waals surface area contributed by atoms with Crippen LogP contribution in [-0.4, -0.2) is 4.40 Å². The van der Waals surface area contributed by atoms with Gasteiger partial charge in [0.1, 0.15) is 7.05 Å². The molecule has 3 heteroatoms. The van der Waals surface area contributed by atoms with Crippen LogP contribution in [-0.2, 0) is 7.05 Å². The van der Waals surface area contributed by atoms with E-state index in [-0.39, 0.29) is 0 Å². The topological polar surface area (TPSA) is 12.6 Å². The predicted octanol–water partition coefficient (Wildman–Crippen LogP) is 11.0. The lowest BCUT2D eigenvalue weighted by Gasteiger charge is -2.24. The first-order chi connectivity index (χ1) is 20.5. The third-order valence-electron chi connectivity index (χ3n) is 9.81. The molecule has 3 heterocycles. The van der Waals surface area contributed by atoms with Gasteiger partial charge in [0.05, 0.1) is 33.9 Å². The molecule has 3 aromatic heterocycles. The maximum Gasteiger partial charge on any atom is 0.224 e. The highest BCUT2D eigenvalue weighted by Crippen LogP contribution is 2.46. The van der Waals surface area contributed by atoms with Crippen molar-refractivity contribution in [1.82, 2.24) is 4.40 Å². The molecule has 0 atom stereocenters. The SMILES string of the molecule is [C-]#[N+]c1cccc2c3cc(C)c(C)c4c3n(c3cc(-c5c(C(C)C)cc(C(C)C)cc5C(C)C)cc5cc[n+](C)c4c53)c12. The van der Waals surface area contributed by atoms with Crippen molar-refractivity contribution in [2.45, 2.75) is 73.1 Å². The lowest BCUT2D eigenvalue weighted by molar-refractivity contribution is -0.643. The van der Waals surface area contributed by atoms with Crippen molar-refractivity contribution in [3.8, 4) is 11.1 Å². The molecule has 214 valence electrons. The Kier molecular flexibility index (Phi) is 6.09. The minimum Gasteiger partial charge on any atom is -0.317 e. The Bertz CT molecular complexity index is 2280. The molecular weight excluding hydrogens is 522 g/mol. The van der Waals surface area contributed by atoms with E-state index in [2.05, 4.69) is 125 Å². The number of nitrogens with zero attached hydrogens (tertiary/aromatic N) is 3. The fraction of sp³-hybridized carbons (Fsp3) is 0.300. The number of aromatic nitrogens is 2. The molecule has 0 amide bonds. The van der Waals surface area contributed by atoms with Crippen LogP contribution in [0.3, 0.4) is 0 Å². The van der Waals surface area contributed by atoms with Crippen molar-refractivity contribution in [3.05, 3.63) is 100 Å². The van der Waals surface area contributed by atoms with E-state index in [0.717, 1.165) is 10.9 Å². The normalized spacial score (nSPS) is 12.4. The zero-order valence-electron chi connectivity index (χ0n) is 26.8. The Labute approximate surface area is 254 Å². The number of fused-ring (bicyclic) bond motifs is 5. The van der Waals surface area contributed by atoms with Crippen LogP contribution in [0.1, 0.15) is 87.1 Å². The second-order valence-corrected chi connectivity index (χ2v) is 13.5. The first-order valence-corrected chi connectivity index (χ1v) is 15.6. The van der Waals surface area contributed by atoms with Gasteiger partial charge in [-0.3, -0.25) is 0 Å². The fourth-order valence-corrected chi connectivity index (χ4v) is 7.45. The van der Waals surface area contributed by atoms with Crippen LogP contribution in [0, 0.1) is 20.4 Å². The van der Waals surface area contributed by atoms with Gasteiger partial charge < -0.3 is 4.40 Å². The summed E-state index contributed by atoms with van der Waals surface area (Å²) in [7, 11) is 2.17. The van der Waals surface area contributed by atoms with Gasteiger partial charge in [0.2, 0.25) is 11.2 Å². The van der Waals surface area contributed by atoms with Gasteiger partial charge in [-0.1, -0.05) is 71.9 Å². The first-order valence-electron chi connectivity index (χ1n) is 15.6. The van der Waals surface area contributed by atoms with Gasteiger partial charge in [0.15, 0.2) is 6.20 Å². The maximum absolute atomic E-state index is 8.14. The number of pyridine rings is 2. The Morgan fingerprint density at radius 1 is 0.767 bits per heavy atom. The van der Waals surface area contributed by atoms with Crippen molar-refractivity contribution in [1.29, 1.82) is 0 Å². The average molecular weight is 563 g/mol. The molecular formula is C40H40N3+. The fourth-order valence-electron chi connectivity index (χ4n) is 7.45. The predicted molar refractivity (Wildman–Crippen MR) is 183 cm³/mol. The molecule has 43 heavy (non-hydrogen) atoms. The van der Waals surface area contributed by atoms with Gasteiger partial charge in [0, 0.05) is 11.5 Å². The molecule has 0 fully saturated rings. The highest BCUT2D eigenvalue weighted by Gasteiger charge is 2.27. The molecule has 0 N–H and O–H groups in total. The zero-order chi connectivity index (χ0) is 30.5. The Hall–Kier alpha value is -4.42. The van der Waals surface area contributed by atoms with E-state index in [4.69, 9.17) is 6.57 Å². The summed E-state index contributed by atoms with van der Waals surface area (Å²) in [5.41, 5.74) is 14.8. The van der Waals surface area contributed by atoms with E-state index in [9.17, 15) is 0 Å². The Balaban J connectivity index is 1.78. The third kappa shape index (κ3) is 3.75.